The minimum atomic E-state index is -1.82. The molecule has 1 amide bonds. The van der Waals surface area contributed by atoms with Crippen molar-refractivity contribution in [2.24, 2.45) is 16.6 Å². The third kappa shape index (κ3) is 8.79. The topological polar surface area (TPSA) is 145 Å². The van der Waals surface area contributed by atoms with Crippen LogP contribution in [-0.4, -0.2) is 72.5 Å². The van der Waals surface area contributed by atoms with Gasteiger partial charge in [0.15, 0.2) is 0 Å². The molecule has 36 heavy (non-hydrogen) atoms. The van der Waals surface area contributed by atoms with Gasteiger partial charge >= 0.3 is 14.5 Å². The maximum Gasteiger partial charge on any atom is 0.323 e. The first-order chi connectivity index (χ1) is 17.1. The molecule has 6 atom stereocenters. The molecule has 0 aromatic heterocycles. The highest BCUT2D eigenvalue weighted by molar-refractivity contribution is 9.12. The van der Waals surface area contributed by atoms with Crippen molar-refractivity contribution in [2.75, 3.05) is 13.7 Å². The quantitative estimate of drug-likeness (QED) is 0.104. The third-order valence-electron chi connectivity index (χ3n) is 5.14. The van der Waals surface area contributed by atoms with Crippen molar-refractivity contribution < 1.29 is 33.2 Å². The number of para-hydroxylation sites is 1. The van der Waals surface area contributed by atoms with E-state index in [0.717, 1.165) is 0 Å². The van der Waals surface area contributed by atoms with Crippen LogP contribution in [-0.2, 0) is 23.6 Å². The summed E-state index contributed by atoms with van der Waals surface area (Å²) >= 11 is 3.27. The lowest BCUT2D eigenvalue weighted by molar-refractivity contribution is -0.149. The largest absolute Gasteiger partial charge is 0.462 e. The molecule has 1 heterocycles. The lowest BCUT2D eigenvalue weighted by Gasteiger charge is -2.25. The molecule has 1 saturated heterocycles. The van der Waals surface area contributed by atoms with Gasteiger partial charge in [-0.1, -0.05) is 25.1 Å². The highest BCUT2D eigenvalue weighted by Crippen LogP contribution is 2.38. The SMILES string of the molecule is CN=C(N)/C(Br)=C\N(C=O)C1OC(COP(NC(C)C(=O)OC(C)C)Oc2ccccc2)C(O)C1C. The van der Waals surface area contributed by atoms with Crippen molar-refractivity contribution in [2.45, 2.75) is 58.3 Å². The Morgan fingerprint density at radius 1 is 1.36 bits per heavy atom. The minimum Gasteiger partial charge on any atom is -0.462 e. The van der Waals surface area contributed by atoms with Crippen LogP contribution in [0.2, 0.25) is 0 Å². The van der Waals surface area contributed by atoms with Crippen LogP contribution >= 0.6 is 24.5 Å². The Balaban J connectivity index is 2.10. The van der Waals surface area contributed by atoms with E-state index in [1.807, 2.05) is 18.2 Å². The normalized spacial score (nSPS) is 24.3. The summed E-state index contributed by atoms with van der Waals surface area (Å²) in [5.41, 5.74) is 5.77. The summed E-state index contributed by atoms with van der Waals surface area (Å²) in [5.74, 6) is -0.142. The number of aliphatic hydroxyl groups is 1. The number of nitrogens with one attached hydrogen (secondary N) is 1. The van der Waals surface area contributed by atoms with Crippen LogP contribution in [0, 0.1) is 5.92 Å². The monoisotopic (exact) mass is 588 g/mol. The van der Waals surface area contributed by atoms with Crippen molar-refractivity contribution >= 4 is 42.7 Å². The van der Waals surface area contributed by atoms with E-state index in [2.05, 4.69) is 26.0 Å². The summed E-state index contributed by atoms with van der Waals surface area (Å²) < 4.78 is 23.5. The number of amidine groups is 1. The van der Waals surface area contributed by atoms with Crippen molar-refractivity contribution in [1.82, 2.24) is 9.99 Å². The summed E-state index contributed by atoms with van der Waals surface area (Å²) in [6.07, 6.45) is -0.701. The van der Waals surface area contributed by atoms with Crippen LogP contribution in [0.25, 0.3) is 0 Å². The Morgan fingerprint density at radius 2 is 2.03 bits per heavy atom. The number of hydrogen-bond donors (Lipinski definition) is 3. The fourth-order valence-corrected chi connectivity index (χ4v) is 4.80. The summed E-state index contributed by atoms with van der Waals surface area (Å²) in [6.45, 7) is 6.88. The number of nitrogens with two attached hydrogens (primary N) is 1. The number of hydrogen-bond acceptors (Lipinski definition) is 9. The smallest absolute Gasteiger partial charge is 0.323 e. The van der Waals surface area contributed by atoms with Gasteiger partial charge in [-0.05, 0) is 48.8 Å². The van der Waals surface area contributed by atoms with Gasteiger partial charge in [0.25, 0.3) is 0 Å². The van der Waals surface area contributed by atoms with Crippen molar-refractivity contribution in [1.29, 1.82) is 0 Å². The van der Waals surface area contributed by atoms with Crippen LogP contribution in [0.1, 0.15) is 27.7 Å². The number of benzene rings is 1. The van der Waals surface area contributed by atoms with E-state index in [1.54, 1.807) is 39.8 Å². The van der Waals surface area contributed by atoms with E-state index in [0.29, 0.717) is 16.6 Å². The molecule has 1 fully saturated rings. The van der Waals surface area contributed by atoms with Crippen LogP contribution < -0.4 is 15.3 Å². The van der Waals surface area contributed by atoms with E-state index in [1.165, 1.54) is 18.1 Å². The number of nitrogens with zero attached hydrogens (tertiary/aromatic N) is 2. The molecule has 13 heteroatoms. The highest BCUT2D eigenvalue weighted by Gasteiger charge is 2.44. The Labute approximate surface area is 221 Å². The number of aliphatic hydroxyl groups excluding tert-OH is 1. The van der Waals surface area contributed by atoms with Gasteiger partial charge in [-0.25, -0.2) is 5.09 Å². The second kappa shape index (κ2) is 14.6. The van der Waals surface area contributed by atoms with Gasteiger partial charge in [-0.3, -0.25) is 19.5 Å². The van der Waals surface area contributed by atoms with Crippen molar-refractivity contribution in [3.63, 3.8) is 0 Å². The Bertz CT molecular complexity index is 921. The molecule has 4 N–H and O–H groups in total. The predicted molar refractivity (Wildman–Crippen MR) is 140 cm³/mol. The summed E-state index contributed by atoms with van der Waals surface area (Å²) in [5, 5.41) is 13.8. The summed E-state index contributed by atoms with van der Waals surface area (Å²) in [7, 11) is -0.296. The van der Waals surface area contributed by atoms with E-state index >= 15 is 0 Å². The zero-order chi connectivity index (χ0) is 26.8. The van der Waals surface area contributed by atoms with E-state index in [-0.39, 0.29) is 18.5 Å². The molecular weight excluding hydrogens is 555 g/mol. The molecule has 0 aliphatic carbocycles. The van der Waals surface area contributed by atoms with Crippen LogP contribution in [0.4, 0.5) is 0 Å². The zero-order valence-corrected chi connectivity index (χ0v) is 23.4. The Morgan fingerprint density at radius 3 is 2.61 bits per heavy atom. The van der Waals surface area contributed by atoms with Gasteiger partial charge in [-0.2, -0.15) is 0 Å². The first-order valence-corrected chi connectivity index (χ1v) is 13.3. The average molecular weight is 589 g/mol. The number of ether oxygens (including phenoxy) is 2. The maximum absolute atomic E-state index is 12.3. The molecule has 1 aliphatic rings. The van der Waals surface area contributed by atoms with Crippen LogP contribution in [0.5, 0.6) is 5.75 Å². The highest BCUT2D eigenvalue weighted by atomic mass is 79.9. The first kappa shape index (κ1) is 30.1. The molecule has 0 bridgehead atoms. The molecular formula is C23H34BrN4O7P. The van der Waals surface area contributed by atoms with Gasteiger partial charge in [0.05, 0.1) is 23.3 Å². The van der Waals surface area contributed by atoms with Crippen molar-refractivity contribution in [3.05, 3.63) is 41.0 Å². The number of esters is 1. The van der Waals surface area contributed by atoms with Gasteiger partial charge in [0, 0.05) is 19.2 Å². The molecule has 2 rings (SSSR count). The molecule has 1 aromatic rings. The molecule has 0 saturated carbocycles. The number of amides is 1. The molecule has 0 spiro atoms. The first-order valence-electron chi connectivity index (χ1n) is 11.4. The van der Waals surface area contributed by atoms with Crippen molar-refractivity contribution in [3.8, 4) is 5.75 Å². The van der Waals surface area contributed by atoms with Gasteiger partial charge in [0.1, 0.15) is 30.0 Å². The van der Waals surface area contributed by atoms with Gasteiger partial charge in [0.2, 0.25) is 6.41 Å². The Kier molecular flexibility index (Phi) is 12.2. The second-order valence-corrected chi connectivity index (χ2v) is 10.4. The van der Waals surface area contributed by atoms with Crippen LogP contribution in [0.15, 0.2) is 46.0 Å². The number of rotatable bonds is 13. The fourth-order valence-electron chi connectivity index (χ4n) is 3.19. The second-order valence-electron chi connectivity index (χ2n) is 8.35. The maximum atomic E-state index is 12.3. The number of carbonyl (C=O) groups is 2. The van der Waals surface area contributed by atoms with E-state index < -0.39 is 44.9 Å². The molecule has 200 valence electrons. The predicted octanol–water partition coefficient (Wildman–Crippen LogP) is 2.64. The molecule has 1 aromatic carbocycles. The Hall–Kier alpha value is -2.08. The number of aliphatic imine (C=N–C) groups is 1. The van der Waals surface area contributed by atoms with Crippen LogP contribution in [0.3, 0.4) is 0 Å². The minimum absolute atomic E-state index is 0.0599. The van der Waals surface area contributed by atoms with Gasteiger partial charge in [-0.15, -0.1) is 0 Å². The summed E-state index contributed by atoms with van der Waals surface area (Å²) in [4.78, 5) is 29.2. The fraction of sp³-hybridized carbons (Fsp3) is 0.522. The summed E-state index contributed by atoms with van der Waals surface area (Å²) in [6, 6.07) is 8.28. The molecule has 6 unspecified atom stereocenters. The lowest BCUT2D eigenvalue weighted by atomic mass is 10.0. The lowest BCUT2D eigenvalue weighted by Crippen LogP contribution is -2.36. The molecule has 0 radical (unpaired) electrons. The van der Waals surface area contributed by atoms with E-state index in [4.69, 9.17) is 24.3 Å². The van der Waals surface area contributed by atoms with E-state index in [9.17, 15) is 14.7 Å². The number of carbonyl (C=O) groups excluding carboxylic acids is 2. The van der Waals surface area contributed by atoms with Gasteiger partial charge < -0.3 is 29.4 Å². The molecule has 11 nitrogen and oxygen atoms in total. The average Bonchev–Trinajstić information content (AvgIpc) is 3.13. The standard InChI is InChI=1S/C23H34BrN4O7P/c1-14(2)33-23(31)16(4)27-36(35-17-9-7-6-8-10-17)32-12-19-20(30)15(3)22(34-19)28(13-29)11-18(24)21(25)26-5/h6-11,13-16,19-20,22,27,30H,12H2,1-5H3,(H2,25,26)/b18-11+. The third-order valence-corrected chi connectivity index (χ3v) is 7.11. The zero-order valence-electron chi connectivity index (χ0n) is 20.9. The molecule has 1 aliphatic heterocycles. The number of halogens is 1.